The highest BCUT2D eigenvalue weighted by Gasteiger charge is 2.33. The first-order valence-corrected chi connectivity index (χ1v) is 10.8. The lowest BCUT2D eigenvalue weighted by molar-refractivity contribution is -0.132. The maximum Gasteiger partial charge on any atom is 0.267 e. The van der Waals surface area contributed by atoms with Gasteiger partial charge < -0.3 is 20.9 Å². The number of fused-ring (bicyclic) bond motifs is 1. The van der Waals surface area contributed by atoms with Gasteiger partial charge in [-0.2, -0.15) is 0 Å². The summed E-state index contributed by atoms with van der Waals surface area (Å²) in [5, 5.41) is 4.17. The molecule has 1 saturated heterocycles. The van der Waals surface area contributed by atoms with Crippen LogP contribution in [-0.4, -0.2) is 52.0 Å². The second-order valence-corrected chi connectivity index (χ2v) is 8.59. The van der Waals surface area contributed by atoms with E-state index in [0.717, 1.165) is 54.8 Å². The monoisotopic (exact) mass is 386 g/mol. The minimum atomic E-state index is -0.408. The van der Waals surface area contributed by atoms with Crippen molar-refractivity contribution in [2.75, 3.05) is 18.2 Å². The molecule has 2 amide bonds. The van der Waals surface area contributed by atoms with Gasteiger partial charge in [-0.25, -0.2) is 0 Å². The summed E-state index contributed by atoms with van der Waals surface area (Å²) in [6.45, 7) is 0.813. The Bertz CT molecular complexity index is 789. The molecule has 6 nitrogen and oxygen atoms in total. The third-order valence-electron chi connectivity index (χ3n) is 5.74. The van der Waals surface area contributed by atoms with Gasteiger partial charge in [-0.1, -0.05) is 18.2 Å². The van der Waals surface area contributed by atoms with Crippen molar-refractivity contribution in [3.8, 4) is 0 Å². The number of aromatic amines is 1. The lowest BCUT2D eigenvalue weighted by Gasteiger charge is -2.33. The Morgan fingerprint density at radius 2 is 2.00 bits per heavy atom. The largest absolute Gasteiger partial charge is 0.351 e. The van der Waals surface area contributed by atoms with Gasteiger partial charge in [0.15, 0.2) is 0 Å². The molecule has 1 aliphatic carbocycles. The van der Waals surface area contributed by atoms with E-state index in [-0.39, 0.29) is 23.8 Å². The van der Waals surface area contributed by atoms with Crippen molar-refractivity contribution in [1.29, 1.82) is 0 Å². The van der Waals surface area contributed by atoms with Crippen LogP contribution in [0, 0.1) is 5.92 Å². The predicted octanol–water partition coefficient (Wildman–Crippen LogP) is 2.32. The molecule has 2 fully saturated rings. The van der Waals surface area contributed by atoms with Crippen LogP contribution in [0.5, 0.6) is 0 Å². The van der Waals surface area contributed by atoms with E-state index in [4.69, 9.17) is 5.73 Å². The highest BCUT2D eigenvalue weighted by Crippen LogP contribution is 2.28. The first-order chi connectivity index (χ1) is 13.1. The molecule has 0 bridgehead atoms. The zero-order valence-corrected chi connectivity index (χ0v) is 16.1. The second-order valence-electron chi connectivity index (χ2n) is 7.52. The summed E-state index contributed by atoms with van der Waals surface area (Å²) >= 11 is 1.78. The number of aromatic nitrogens is 1. The number of H-pyrrole nitrogens is 1. The highest BCUT2D eigenvalue weighted by molar-refractivity contribution is 7.99. The van der Waals surface area contributed by atoms with Gasteiger partial charge in [-0.15, -0.1) is 11.8 Å². The number of thioether (sulfide) groups is 1. The Morgan fingerprint density at radius 1 is 1.22 bits per heavy atom. The maximum atomic E-state index is 12.5. The number of nitrogens with one attached hydrogen (secondary N) is 2. The van der Waals surface area contributed by atoms with Crippen LogP contribution in [-0.2, 0) is 4.79 Å². The van der Waals surface area contributed by atoms with Crippen LogP contribution in [0.15, 0.2) is 30.3 Å². The number of carbonyl (C=O) groups is 2. The minimum Gasteiger partial charge on any atom is -0.351 e. The van der Waals surface area contributed by atoms with Gasteiger partial charge in [0.05, 0.1) is 11.9 Å². The van der Waals surface area contributed by atoms with E-state index < -0.39 is 6.04 Å². The first-order valence-electron chi connectivity index (χ1n) is 9.62. The molecule has 1 aromatic carbocycles. The average Bonchev–Trinajstić information content (AvgIpc) is 3.37. The summed E-state index contributed by atoms with van der Waals surface area (Å²) < 4.78 is 0. The van der Waals surface area contributed by atoms with Crippen molar-refractivity contribution >= 4 is 34.5 Å². The van der Waals surface area contributed by atoms with E-state index in [1.54, 1.807) is 11.8 Å². The Morgan fingerprint density at radius 3 is 2.70 bits per heavy atom. The SMILES string of the molecule is NC(C(=O)N1CCSC1)C1CCC(NC(=O)c2cc3ccccc3[nH]2)CC1. The summed E-state index contributed by atoms with van der Waals surface area (Å²) in [5.41, 5.74) is 7.82. The third kappa shape index (κ3) is 3.99. The predicted molar refractivity (Wildman–Crippen MR) is 109 cm³/mol. The van der Waals surface area contributed by atoms with Crippen LogP contribution < -0.4 is 11.1 Å². The summed E-state index contributed by atoms with van der Waals surface area (Å²) in [6, 6.07) is 9.50. The molecule has 1 unspecified atom stereocenters. The van der Waals surface area contributed by atoms with Gasteiger partial charge in [-0.05, 0) is 43.7 Å². The second kappa shape index (κ2) is 7.94. The zero-order valence-electron chi connectivity index (χ0n) is 15.3. The van der Waals surface area contributed by atoms with Gasteiger partial charge in [-0.3, -0.25) is 9.59 Å². The zero-order chi connectivity index (χ0) is 18.8. The van der Waals surface area contributed by atoms with Gasteiger partial charge in [0.2, 0.25) is 5.91 Å². The van der Waals surface area contributed by atoms with Crippen LogP contribution in [0.1, 0.15) is 36.2 Å². The van der Waals surface area contributed by atoms with Gasteiger partial charge in [0, 0.05) is 29.2 Å². The molecule has 4 N–H and O–H groups in total. The Hall–Kier alpha value is -1.99. The van der Waals surface area contributed by atoms with Gasteiger partial charge in [0.25, 0.3) is 5.91 Å². The molecule has 2 aromatic rings. The van der Waals surface area contributed by atoms with E-state index in [0.29, 0.717) is 5.69 Å². The molecule has 27 heavy (non-hydrogen) atoms. The van der Waals surface area contributed by atoms with Crippen LogP contribution in [0.2, 0.25) is 0 Å². The Labute approximate surface area is 163 Å². The lowest BCUT2D eigenvalue weighted by Crippen LogP contribution is -2.49. The van der Waals surface area contributed by atoms with E-state index in [1.165, 1.54) is 0 Å². The number of hydrogen-bond donors (Lipinski definition) is 3. The molecule has 1 atom stereocenters. The number of hydrogen-bond acceptors (Lipinski definition) is 4. The fourth-order valence-corrected chi connectivity index (χ4v) is 5.04. The highest BCUT2D eigenvalue weighted by atomic mass is 32.2. The van der Waals surface area contributed by atoms with Crippen molar-refractivity contribution in [3.05, 3.63) is 36.0 Å². The van der Waals surface area contributed by atoms with Gasteiger partial charge >= 0.3 is 0 Å². The van der Waals surface area contributed by atoms with Crippen LogP contribution in [0.3, 0.4) is 0 Å². The molecule has 0 spiro atoms. The van der Waals surface area contributed by atoms with Crippen LogP contribution >= 0.6 is 11.8 Å². The molecule has 0 radical (unpaired) electrons. The number of nitrogens with zero attached hydrogens (tertiary/aromatic N) is 1. The molecule has 2 aliphatic rings. The van der Waals surface area contributed by atoms with E-state index in [9.17, 15) is 9.59 Å². The molecule has 1 saturated carbocycles. The summed E-state index contributed by atoms with van der Waals surface area (Å²) in [7, 11) is 0. The van der Waals surface area contributed by atoms with E-state index in [1.807, 2.05) is 35.2 Å². The molecule has 7 heteroatoms. The standard InChI is InChI=1S/C20H26N4O2S/c21-18(20(26)24-9-10-27-12-24)13-5-7-15(8-6-13)22-19(25)17-11-14-3-1-2-4-16(14)23-17/h1-4,11,13,15,18,23H,5-10,12,21H2,(H,22,25). The number of rotatable bonds is 4. The minimum absolute atomic E-state index is 0.0656. The number of carbonyl (C=O) groups excluding carboxylic acids is 2. The van der Waals surface area contributed by atoms with Crippen LogP contribution in [0.25, 0.3) is 10.9 Å². The van der Waals surface area contributed by atoms with Crippen molar-refractivity contribution in [3.63, 3.8) is 0 Å². The smallest absolute Gasteiger partial charge is 0.267 e. The summed E-state index contributed by atoms with van der Waals surface area (Å²) in [5.74, 6) is 2.01. The van der Waals surface area contributed by atoms with E-state index >= 15 is 0 Å². The van der Waals surface area contributed by atoms with Crippen molar-refractivity contribution < 1.29 is 9.59 Å². The molecule has 1 aliphatic heterocycles. The molecule has 2 heterocycles. The summed E-state index contributed by atoms with van der Waals surface area (Å²) in [6.07, 6.45) is 3.50. The first kappa shape index (κ1) is 18.4. The third-order valence-corrected chi connectivity index (χ3v) is 6.70. The Kier molecular flexibility index (Phi) is 5.41. The molecule has 144 valence electrons. The number of amides is 2. The quantitative estimate of drug-likeness (QED) is 0.752. The molecular weight excluding hydrogens is 360 g/mol. The lowest BCUT2D eigenvalue weighted by atomic mass is 9.81. The van der Waals surface area contributed by atoms with Crippen molar-refractivity contribution in [2.45, 2.75) is 37.8 Å². The fraction of sp³-hybridized carbons (Fsp3) is 0.500. The molecule has 1 aromatic heterocycles. The Balaban J connectivity index is 1.30. The average molecular weight is 387 g/mol. The molecular formula is C20H26N4O2S. The van der Waals surface area contributed by atoms with Crippen molar-refractivity contribution in [1.82, 2.24) is 15.2 Å². The van der Waals surface area contributed by atoms with Gasteiger partial charge in [0.1, 0.15) is 5.69 Å². The van der Waals surface area contributed by atoms with Crippen molar-refractivity contribution in [2.24, 2.45) is 11.7 Å². The number of benzene rings is 1. The van der Waals surface area contributed by atoms with Crippen LogP contribution in [0.4, 0.5) is 0 Å². The summed E-state index contributed by atoms with van der Waals surface area (Å²) in [4.78, 5) is 30.1. The number of nitrogens with two attached hydrogens (primary N) is 1. The number of para-hydroxylation sites is 1. The topological polar surface area (TPSA) is 91.2 Å². The fourth-order valence-electron chi connectivity index (χ4n) is 4.08. The molecule has 4 rings (SSSR count). The maximum absolute atomic E-state index is 12.5. The normalized spacial score (nSPS) is 24.1. The van der Waals surface area contributed by atoms with E-state index in [2.05, 4.69) is 10.3 Å².